The summed E-state index contributed by atoms with van der Waals surface area (Å²) in [6, 6.07) is 0.00623. The molecule has 0 saturated carbocycles. The minimum Gasteiger partial charge on any atom is -0.381 e. The van der Waals surface area contributed by atoms with E-state index in [1.165, 1.54) is 6.20 Å². The molecule has 3 N–H and O–H groups in total. The minimum atomic E-state index is -0.671. The highest BCUT2D eigenvalue weighted by Gasteiger charge is 2.37. The van der Waals surface area contributed by atoms with Gasteiger partial charge < -0.3 is 20.9 Å². The molecule has 2 aliphatic rings. The van der Waals surface area contributed by atoms with Gasteiger partial charge in [0.2, 0.25) is 5.91 Å². The highest BCUT2D eigenvalue weighted by molar-refractivity contribution is 6.12. The van der Waals surface area contributed by atoms with Crippen molar-refractivity contribution in [3.05, 3.63) is 42.0 Å². The molecular weight excluding hydrogens is 410 g/mol. The van der Waals surface area contributed by atoms with Gasteiger partial charge in [-0.2, -0.15) is 0 Å². The molecule has 5 heterocycles. The largest absolute Gasteiger partial charge is 0.381 e. The first-order valence-electron chi connectivity index (χ1n) is 9.71. The summed E-state index contributed by atoms with van der Waals surface area (Å²) in [7, 11) is 0. The Labute approximate surface area is 174 Å². The van der Waals surface area contributed by atoms with Crippen LogP contribution >= 0.6 is 0 Å². The molecule has 0 aliphatic carbocycles. The van der Waals surface area contributed by atoms with Gasteiger partial charge in [0.25, 0.3) is 5.91 Å². The number of nitrogen functional groups attached to an aromatic ring is 1. The number of hydrogen-bond donors (Lipinski definition) is 2. The number of anilines is 3. The Balaban J connectivity index is 1.46. The normalized spacial score (nSPS) is 18.5. The van der Waals surface area contributed by atoms with E-state index in [0.29, 0.717) is 32.5 Å². The van der Waals surface area contributed by atoms with Crippen molar-refractivity contribution in [3.8, 4) is 0 Å². The first-order chi connectivity index (χ1) is 14.9. The molecule has 3 aromatic rings. The van der Waals surface area contributed by atoms with Gasteiger partial charge in [0.05, 0.1) is 30.5 Å². The van der Waals surface area contributed by atoms with Crippen molar-refractivity contribution in [2.45, 2.75) is 18.9 Å². The number of hydrogen-bond acceptors (Lipinski definition) is 7. The molecule has 2 saturated heterocycles. The van der Waals surface area contributed by atoms with Crippen LogP contribution in [0.15, 0.2) is 24.8 Å². The lowest BCUT2D eigenvalue weighted by Crippen LogP contribution is -2.51. The van der Waals surface area contributed by atoms with E-state index in [9.17, 15) is 18.4 Å². The smallest absolute Gasteiger partial charge is 0.263 e. The van der Waals surface area contributed by atoms with E-state index in [4.69, 9.17) is 5.73 Å². The van der Waals surface area contributed by atoms with Crippen LogP contribution in [-0.2, 0) is 4.79 Å². The molecule has 12 heteroatoms. The lowest BCUT2D eigenvalue weighted by atomic mass is 10.1. The number of nitrogens with one attached hydrogen (secondary N) is 1. The van der Waals surface area contributed by atoms with Crippen molar-refractivity contribution < 1.29 is 18.4 Å². The maximum absolute atomic E-state index is 14.8. The number of aromatic nitrogens is 4. The Bertz CT molecular complexity index is 1210. The Kier molecular flexibility index (Phi) is 4.41. The second-order valence-corrected chi connectivity index (χ2v) is 7.50. The number of piperazine rings is 1. The average molecular weight is 428 g/mol. The standard InChI is InChI=1S/C19H18F2N8O2/c20-10-5-24-18-15(17(22)26-29(18)8-10)19(31)25-13-7-23-6-12(21)16(13)27-3-4-28-11(9-27)1-2-14(28)30/h5-8,11H,1-4,9H2,(H2,22,26)(H,25,31). The maximum Gasteiger partial charge on any atom is 0.263 e. The van der Waals surface area contributed by atoms with Crippen molar-refractivity contribution in [3.63, 3.8) is 0 Å². The van der Waals surface area contributed by atoms with Gasteiger partial charge >= 0.3 is 0 Å². The predicted molar refractivity (Wildman–Crippen MR) is 106 cm³/mol. The van der Waals surface area contributed by atoms with E-state index in [-0.39, 0.29) is 40.4 Å². The fourth-order valence-corrected chi connectivity index (χ4v) is 4.24. The summed E-state index contributed by atoms with van der Waals surface area (Å²) in [5, 5.41) is 6.54. The molecule has 1 unspecified atom stereocenters. The van der Waals surface area contributed by atoms with Gasteiger partial charge in [-0.1, -0.05) is 0 Å². The summed E-state index contributed by atoms with van der Waals surface area (Å²) in [5.74, 6) is -1.93. The second kappa shape index (κ2) is 7.15. The van der Waals surface area contributed by atoms with Gasteiger partial charge in [0.1, 0.15) is 11.3 Å². The van der Waals surface area contributed by atoms with Crippen LogP contribution in [0.1, 0.15) is 23.2 Å². The van der Waals surface area contributed by atoms with Gasteiger partial charge in [0, 0.05) is 32.1 Å². The van der Waals surface area contributed by atoms with Crippen molar-refractivity contribution in [1.82, 2.24) is 24.5 Å². The third kappa shape index (κ3) is 3.20. The van der Waals surface area contributed by atoms with E-state index in [1.807, 2.05) is 4.90 Å². The first-order valence-corrected chi connectivity index (χ1v) is 9.71. The number of fused-ring (bicyclic) bond motifs is 2. The van der Waals surface area contributed by atoms with Crippen LogP contribution in [0.5, 0.6) is 0 Å². The van der Waals surface area contributed by atoms with Crippen molar-refractivity contribution in [2.75, 3.05) is 35.6 Å². The summed E-state index contributed by atoms with van der Waals surface area (Å²) in [6.07, 6.45) is 5.62. The Hall–Kier alpha value is -3.83. The van der Waals surface area contributed by atoms with Gasteiger partial charge in [0.15, 0.2) is 23.1 Å². The van der Waals surface area contributed by atoms with Crippen molar-refractivity contribution >= 4 is 34.7 Å². The van der Waals surface area contributed by atoms with E-state index in [0.717, 1.165) is 23.1 Å². The second-order valence-electron chi connectivity index (χ2n) is 7.50. The molecule has 160 valence electrons. The van der Waals surface area contributed by atoms with Crippen LogP contribution in [0, 0.1) is 11.6 Å². The number of rotatable bonds is 3. The Morgan fingerprint density at radius 1 is 1.23 bits per heavy atom. The molecule has 2 fully saturated rings. The van der Waals surface area contributed by atoms with Gasteiger partial charge in [-0.05, 0) is 6.42 Å². The van der Waals surface area contributed by atoms with Crippen molar-refractivity contribution in [1.29, 1.82) is 0 Å². The maximum atomic E-state index is 14.8. The summed E-state index contributed by atoms with van der Waals surface area (Å²) in [6.45, 7) is 1.36. The van der Waals surface area contributed by atoms with Crippen LogP contribution in [-0.4, -0.2) is 62.0 Å². The van der Waals surface area contributed by atoms with Crippen LogP contribution in [0.3, 0.4) is 0 Å². The number of carbonyl (C=O) groups excluding carboxylic acids is 2. The fourth-order valence-electron chi connectivity index (χ4n) is 4.24. The van der Waals surface area contributed by atoms with Crippen LogP contribution in [0.25, 0.3) is 5.65 Å². The van der Waals surface area contributed by atoms with Gasteiger partial charge in [-0.3, -0.25) is 14.6 Å². The topological polar surface area (TPSA) is 122 Å². The molecule has 0 radical (unpaired) electrons. The lowest BCUT2D eigenvalue weighted by molar-refractivity contribution is -0.129. The van der Waals surface area contributed by atoms with Gasteiger partial charge in [-0.15, -0.1) is 5.10 Å². The SMILES string of the molecule is Nc1nn2cc(F)cnc2c1C(=O)Nc1cncc(F)c1N1CCN2C(=O)CCC2C1. The fraction of sp³-hybridized carbons (Fsp3) is 0.316. The third-order valence-electron chi connectivity index (χ3n) is 5.63. The molecule has 5 rings (SSSR count). The number of amides is 2. The van der Waals surface area contributed by atoms with Gasteiger partial charge in [-0.25, -0.2) is 18.3 Å². The zero-order valence-electron chi connectivity index (χ0n) is 16.3. The van der Waals surface area contributed by atoms with E-state index < -0.39 is 17.5 Å². The number of nitrogens with zero attached hydrogens (tertiary/aromatic N) is 6. The summed E-state index contributed by atoms with van der Waals surface area (Å²) >= 11 is 0. The first kappa shape index (κ1) is 19.2. The van der Waals surface area contributed by atoms with Crippen LogP contribution in [0.2, 0.25) is 0 Å². The Morgan fingerprint density at radius 2 is 2.06 bits per heavy atom. The average Bonchev–Trinajstić information content (AvgIpc) is 3.26. The van der Waals surface area contributed by atoms with E-state index in [1.54, 1.807) is 4.90 Å². The molecule has 0 aromatic carbocycles. The molecule has 2 aliphatic heterocycles. The van der Waals surface area contributed by atoms with E-state index >= 15 is 0 Å². The summed E-state index contributed by atoms with van der Waals surface area (Å²) < 4.78 is 29.3. The number of halogens is 2. The number of carbonyl (C=O) groups is 2. The number of pyridine rings is 1. The molecule has 0 spiro atoms. The molecular formula is C19H18F2N8O2. The zero-order valence-corrected chi connectivity index (χ0v) is 16.3. The predicted octanol–water partition coefficient (Wildman–Crippen LogP) is 1.05. The monoisotopic (exact) mass is 428 g/mol. The van der Waals surface area contributed by atoms with Crippen molar-refractivity contribution in [2.24, 2.45) is 0 Å². The minimum absolute atomic E-state index is 0.00623. The molecule has 1 atom stereocenters. The molecule has 2 amide bonds. The highest BCUT2D eigenvalue weighted by atomic mass is 19.1. The summed E-state index contributed by atoms with van der Waals surface area (Å²) in [5.41, 5.74) is 6.21. The quantitative estimate of drug-likeness (QED) is 0.639. The summed E-state index contributed by atoms with van der Waals surface area (Å²) in [4.78, 5) is 36.3. The molecule has 3 aromatic heterocycles. The molecule has 0 bridgehead atoms. The molecule has 31 heavy (non-hydrogen) atoms. The number of nitrogens with two attached hydrogens (primary N) is 1. The van der Waals surface area contributed by atoms with Crippen LogP contribution < -0.4 is 16.0 Å². The Morgan fingerprint density at radius 3 is 2.90 bits per heavy atom. The molecule has 10 nitrogen and oxygen atoms in total. The lowest BCUT2D eigenvalue weighted by Gasteiger charge is -2.39. The zero-order chi connectivity index (χ0) is 21.7. The highest BCUT2D eigenvalue weighted by Crippen LogP contribution is 2.33. The van der Waals surface area contributed by atoms with Crippen LogP contribution in [0.4, 0.5) is 26.0 Å². The van der Waals surface area contributed by atoms with E-state index in [2.05, 4.69) is 20.4 Å². The third-order valence-corrected chi connectivity index (χ3v) is 5.63.